The standard InChI is InChI=1S/C14H13BrOS/c1-10-9-11(4-6-13(10)15)14(16)7-5-12-3-2-8-17-12/h2-4,6,8-9H,5,7H2,1H3. The molecule has 17 heavy (non-hydrogen) atoms. The Morgan fingerprint density at radius 1 is 1.35 bits per heavy atom. The van der Waals surface area contributed by atoms with E-state index in [0.717, 1.165) is 22.0 Å². The Hall–Kier alpha value is -0.930. The molecule has 0 saturated carbocycles. The number of Topliss-reactive ketones (excluding diaryl/α,β-unsaturated/α-hetero) is 1. The van der Waals surface area contributed by atoms with Gasteiger partial charge in [0.1, 0.15) is 0 Å². The van der Waals surface area contributed by atoms with Gasteiger partial charge in [-0.05, 0) is 42.5 Å². The summed E-state index contributed by atoms with van der Waals surface area (Å²) in [4.78, 5) is 13.3. The minimum atomic E-state index is 0.217. The van der Waals surface area contributed by atoms with E-state index >= 15 is 0 Å². The maximum Gasteiger partial charge on any atom is 0.163 e. The summed E-state index contributed by atoms with van der Waals surface area (Å²) in [5.41, 5.74) is 1.91. The van der Waals surface area contributed by atoms with Gasteiger partial charge >= 0.3 is 0 Å². The molecular formula is C14H13BrOS. The maximum absolute atomic E-state index is 12.0. The fraction of sp³-hybridized carbons (Fsp3) is 0.214. The lowest BCUT2D eigenvalue weighted by Crippen LogP contribution is -2.01. The lowest BCUT2D eigenvalue weighted by Gasteiger charge is -2.03. The quantitative estimate of drug-likeness (QED) is 0.752. The van der Waals surface area contributed by atoms with Crippen LogP contribution in [-0.4, -0.2) is 5.78 Å². The van der Waals surface area contributed by atoms with E-state index in [9.17, 15) is 4.79 Å². The fourth-order valence-electron chi connectivity index (χ4n) is 1.65. The highest BCUT2D eigenvalue weighted by atomic mass is 79.9. The minimum absolute atomic E-state index is 0.217. The molecule has 0 aliphatic heterocycles. The highest BCUT2D eigenvalue weighted by Crippen LogP contribution is 2.19. The highest BCUT2D eigenvalue weighted by molar-refractivity contribution is 9.10. The average molecular weight is 309 g/mol. The SMILES string of the molecule is Cc1cc(C(=O)CCc2cccs2)ccc1Br. The second kappa shape index (κ2) is 5.61. The van der Waals surface area contributed by atoms with Crippen molar-refractivity contribution in [1.82, 2.24) is 0 Å². The molecule has 3 heteroatoms. The number of halogens is 1. The summed E-state index contributed by atoms with van der Waals surface area (Å²) in [7, 11) is 0. The molecule has 1 nitrogen and oxygen atoms in total. The van der Waals surface area contributed by atoms with Crippen LogP contribution in [-0.2, 0) is 6.42 Å². The normalized spacial score (nSPS) is 10.5. The van der Waals surface area contributed by atoms with Gasteiger partial charge in [-0.3, -0.25) is 4.79 Å². The summed E-state index contributed by atoms with van der Waals surface area (Å²) in [6.07, 6.45) is 1.42. The van der Waals surface area contributed by atoms with Crippen LogP contribution < -0.4 is 0 Å². The van der Waals surface area contributed by atoms with Gasteiger partial charge in [-0.1, -0.05) is 28.1 Å². The Bertz CT molecular complexity index is 517. The van der Waals surface area contributed by atoms with Crippen LogP contribution in [0.2, 0.25) is 0 Å². The first-order chi connectivity index (χ1) is 8.16. The van der Waals surface area contributed by atoms with E-state index in [2.05, 4.69) is 22.0 Å². The lowest BCUT2D eigenvalue weighted by atomic mass is 10.0. The summed E-state index contributed by atoms with van der Waals surface area (Å²) in [6, 6.07) is 9.86. The number of benzene rings is 1. The molecule has 2 rings (SSSR count). The Morgan fingerprint density at radius 3 is 2.82 bits per heavy atom. The first-order valence-corrected chi connectivity index (χ1v) is 7.16. The average Bonchev–Trinajstić information content (AvgIpc) is 2.82. The summed E-state index contributed by atoms with van der Waals surface area (Å²) in [5, 5.41) is 2.05. The van der Waals surface area contributed by atoms with Crippen LogP contribution in [0, 0.1) is 6.92 Å². The van der Waals surface area contributed by atoms with Crippen LogP contribution in [0.15, 0.2) is 40.2 Å². The van der Waals surface area contributed by atoms with E-state index in [1.54, 1.807) is 11.3 Å². The van der Waals surface area contributed by atoms with Gasteiger partial charge in [-0.2, -0.15) is 0 Å². The van der Waals surface area contributed by atoms with Crippen LogP contribution in [0.3, 0.4) is 0 Å². The number of hydrogen-bond donors (Lipinski definition) is 0. The van der Waals surface area contributed by atoms with Crippen LogP contribution in [0.1, 0.15) is 27.2 Å². The van der Waals surface area contributed by atoms with Gasteiger partial charge in [-0.25, -0.2) is 0 Å². The number of carbonyl (C=O) groups excluding carboxylic acids is 1. The third kappa shape index (κ3) is 3.27. The molecule has 0 aliphatic carbocycles. The molecule has 0 unspecified atom stereocenters. The molecule has 1 heterocycles. The molecule has 1 aromatic heterocycles. The molecule has 0 saturated heterocycles. The van der Waals surface area contributed by atoms with Crippen molar-refractivity contribution in [2.45, 2.75) is 19.8 Å². The summed E-state index contributed by atoms with van der Waals surface area (Å²) in [6.45, 7) is 2.00. The molecule has 0 N–H and O–H groups in total. The van der Waals surface area contributed by atoms with Crippen LogP contribution in [0.25, 0.3) is 0 Å². The molecule has 0 aliphatic rings. The molecule has 0 radical (unpaired) electrons. The van der Waals surface area contributed by atoms with Gasteiger partial charge < -0.3 is 0 Å². The van der Waals surface area contributed by atoms with Gasteiger partial charge in [0.15, 0.2) is 5.78 Å². The van der Waals surface area contributed by atoms with Gasteiger partial charge in [0.2, 0.25) is 0 Å². The first-order valence-electron chi connectivity index (χ1n) is 5.48. The van der Waals surface area contributed by atoms with Crippen molar-refractivity contribution in [3.63, 3.8) is 0 Å². The van der Waals surface area contributed by atoms with Gasteiger partial charge in [0, 0.05) is 21.3 Å². The zero-order chi connectivity index (χ0) is 12.3. The Kier molecular flexibility index (Phi) is 4.13. The molecule has 2 aromatic rings. The van der Waals surface area contributed by atoms with Crippen LogP contribution in [0.5, 0.6) is 0 Å². The van der Waals surface area contributed by atoms with Crippen molar-refractivity contribution in [2.24, 2.45) is 0 Å². The number of carbonyl (C=O) groups is 1. The van der Waals surface area contributed by atoms with Crippen LogP contribution in [0.4, 0.5) is 0 Å². The van der Waals surface area contributed by atoms with Crippen molar-refractivity contribution in [2.75, 3.05) is 0 Å². The molecule has 0 atom stereocenters. The minimum Gasteiger partial charge on any atom is -0.294 e. The van der Waals surface area contributed by atoms with Gasteiger partial charge in [0.25, 0.3) is 0 Å². The van der Waals surface area contributed by atoms with E-state index in [1.807, 2.05) is 36.6 Å². The maximum atomic E-state index is 12.0. The van der Waals surface area contributed by atoms with Crippen molar-refractivity contribution >= 4 is 33.0 Å². The molecular weight excluding hydrogens is 296 g/mol. The first kappa shape index (κ1) is 12.5. The number of hydrogen-bond acceptors (Lipinski definition) is 2. The van der Waals surface area contributed by atoms with E-state index in [-0.39, 0.29) is 5.78 Å². The Balaban J connectivity index is 2.02. The van der Waals surface area contributed by atoms with Crippen LogP contribution >= 0.6 is 27.3 Å². The van der Waals surface area contributed by atoms with Gasteiger partial charge in [0.05, 0.1) is 0 Å². The summed E-state index contributed by atoms with van der Waals surface area (Å²) < 4.78 is 1.05. The third-order valence-corrected chi connectivity index (χ3v) is 4.48. The van der Waals surface area contributed by atoms with E-state index < -0.39 is 0 Å². The number of thiophene rings is 1. The second-order valence-corrected chi connectivity index (χ2v) is 5.85. The number of aryl methyl sites for hydroxylation is 2. The van der Waals surface area contributed by atoms with E-state index in [4.69, 9.17) is 0 Å². The fourth-order valence-corrected chi connectivity index (χ4v) is 2.61. The zero-order valence-electron chi connectivity index (χ0n) is 9.57. The molecule has 1 aromatic carbocycles. The number of ketones is 1. The summed E-state index contributed by atoms with van der Waals surface area (Å²) in [5.74, 6) is 0.217. The third-order valence-electron chi connectivity index (χ3n) is 2.66. The van der Waals surface area contributed by atoms with Crippen molar-refractivity contribution in [3.05, 3.63) is 56.2 Å². The van der Waals surface area contributed by atoms with Gasteiger partial charge in [-0.15, -0.1) is 11.3 Å². The molecule has 0 bridgehead atoms. The van der Waals surface area contributed by atoms with Crippen molar-refractivity contribution < 1.29 is 4.79 Å². The van der Waals surface area contributed by atoms with E-state index in [0.29, 0.717) is 6.42 Å². The molecule has 0 fully saturated rings. The zero-order valence-corrected chi connectivity index (χ0v) is 12.0. The lowest BCUT2D eigenvalue weighted by molar-refractivity contribution is 0.0983. The smallest absolute Gasteiger partial charge is 0.163 e. The Morgan fingerprint density at radius 2 is 2.18 bits per heavy atom. The predicted molar refractivity (Wildman–Crippen MR) is 75.8 cm³/mol. The van der Waals surface area contributed by atoms with E-state index in [1.165, 1.54) is 4.88 Å². The monoisotopic (exact) mass is 308 g/mol. The molecule has 0 amide bonds. The van der Waals surface area contributed by atoms with Crippen molar-refractivity contribution in [1.29, 1.82) is 0 Å². The predicted octanol–water partition coefficient (Wildman–Crippen LogP) is 4.63. The van der Waals surface area contributed by atoms with Crippen molar-refractivity contribution in [3.8, 4) is 0 Å². The topological polar surface area (TPSA) is 17.1 Å². The molecule has 0 spiro atoms. The molecule has 88 valence electrons. The second-order valence-electron chi connectivity index (χ2n) is 3.97. The summed E-state index contributed by atoms with van der Waals surface area (Å²) >= 11 is 5.15. The Labute approximate surface area is 114 Å². The number of rotatable bonds is 4. The largest absolute Gasteiger partial charge is 0.294 e. The highest BCUT2D eigenvalue weighted by Gasteiger charge is 2.07.